The molecule has 0 aromatic carbocycles. The zero-order valence-corrected chi connectivity index (χ0v) is 10.1. The van der Waals surface area contributed by atoms with Crippen LogP contribution in [0.15, 0.2) is 6.07 Å². The highest BCUT2D eigenvalue weighted by molar-refractivity contribution is 5.88. The molecule has 0 radical (unpaired) electrons. The van der Waals surface area contributed by atoms with Crippen molar-refractivity contribution in [3.8, 4) is 11.6 Å². The molecular formula is C10H11F3N2O4. The van der Waals surface area contributed by atoms with E-state index in [9.17, 15) is 18.0 Å². The van der Waals surface area contributed by atoms with Crippen molar-refractivity contribution in [1.29, 1.82) is 0 Å². The Morgan fingerprint density at radius 3 is 2.47 bits per heavy atom. The maximum Gasteiger partial charge on any atom is 0.574 e. The molecule has 0 unspecified atom stereocenters. The minimum Gasteiger partial charge on any atom is -0.496 e. The number of rotatable bonds is 4. The number of ether oxygens (including phenoxy) is 3. The van der Waals surface area contributed by atoms with E-state index in [0.717, 1.165) is 13.2 Å². The summed E-state index contributed by atoms with van der Waals surface area (Å²) >= 11 is 0. The quantitative estimate of drug-likeness (QED) is 0.835. The Kier molecular flexibility index (Phi) is 4.54. The third-order valence-electron chi connectivity index (χ3n) is 2.08. The normalized spacial score (nSPS) is 11.1. The molecule has 2 N–H and O–H groups in total. The predicted molar refractivity (Wildman–Crippen MR) is 56.7 cm³/mol. The van der Waals surface area contributed by atoms with E-state index < -0.39 is 18.2 Å². The molecule has 0 aliphatic rings. The maximum atomic E-state index is 12.2. The topological polar surface area (TPSA) is 83.7 Å². The summed E-state index contributed by atoms with van der Waals surface area (Å²) in [5, 5.41) is 0. The molecule has 0 amide bonds. The summed E-state index contributed by atoms with van der Waals surface area (Å²) in [4.78, 5) is 14.7. The van der Waals surface area contributed by atoms with Gasteiger partial charge in [-0.05, 0) is 0 Å². The molecular weight excluding hydrogens is 269 g/mol. The lowest BCUT2D eigenvalue weighted by atomic mass is 10.2. The second-order valence-corrected chi connectivity index (χ2v) is 3.24. The molecule has 0 spiro atoms. The average molecular weight is 280 g/mol. The van der Waals surface area contributed by atoms with Crippen LogP contribution >= 0.6 is 0 Å². The van der Waals surface area contributed by atoms with Gasteiger partial charge in [0.2, 0.25) is 5.88 Å². The Hall–Kier alpha value is -2.03. The monoisotopic (exact) mass is 280 g/mol. The number of aromatic nitrogens is 1. The Bertz CT molecular complexity index is 477. The van der Waals surface area contributed by atoms with Crippen LogP contribution < -0.4 is 15.2 Å². The van der Waals surface area contributed by atoms with E-state index in [0.29, 0.717) is 0 Å². The summed E-state index contributed by atoms with van der Waals surface area (Å²) in [5.74, 6) is -1.80. The van der Waals surface area contributed by atoms with Crippen molar-refractivity contribution in [3.63, 3.8) is 0 Å². The third-order valence-corrected chi connectivity index (χ3v) is 2.08. The first kappa shape index (κ1) is 15.0. The number of halogens is 3. The minimum absolute atomic E-state index is 0.0443. The first-order valence-corrected chi connectivity index (χ1v) is 4.94. The number of nitrogens with zero attached hydrogens (tertiary/aromatic N) is 1. The number of nitrogens with two attached hydrogens (primary N) is 1. The first-order chi connectivity index (χ1) is 8.82. The van der Waals surface area contributed by atoms with Gasteiger partial charge < -0.3 is 19.9 Å². The number of pyridine rings is 1. The number of carbonyl (C=O) groups excluding carboxylic acids is 1. The number of esters is 1. The average Bonchev–Trinajstić information content (AvgIpc) is 2.34. The molecule has 0 fully saturated rings. The summed E-state index contributed by atoms with van der Waals surface area (Å²) in [6, 6.07) is 1.12. The Morgan fingerprint density at radius 2 is 2.05 bits per heavy atom. The zero-order chi connectivity index (χ0) is 14.6. The molecule has 1 rings (SSSR count). The van der Waals surface area contributed by atoms with E-state index in [1.807, 2.05) is 0 Å². The highest BCUT2D eigenvalue weighted by atomic mass is 19.4. The van der Waals surface area contributed by atoms with Crippen molar-refractivity contribution in [1.82, 2.24) is 4.98 Å². The lowest BCUT2D eigenvalue weighted by Crippen LogP contribution is -2.21. The number of hydrogen-bond donors (Lipinski definition) is 1. The third kappa shape index (κ3) is 3.71. The first-order valence-electron chi connectivity index (χ1n) is 4.94. The Balaban J connectivity index is 3.35. The van der Waals surface area contributed by atoms with Crippen molar-refractivity contribution in [2.24, 2.45) is 5.73 Å². The van der Waals surface area contributed by atoms with Gasteiger partial charge in [0.15, 0.2) is 5.69 Å². The molecule has 0 aliphatic heterocycles. The van der Waals surface area contributed by atoms with Crippen molar-refractivity contribution in [2.45, 2.75) is 12.9 Å². The van der Waals surface area contributed by atoms with Gasteiger partial charge in [-0.25, -0.2) is 9.78 Å². The lowest BCUT2D eigenvalue weighted by molar-refractivity contribution is -0.276. The summed E-state index contributed by atoms with van der Waals surface area (Å²) in [6.45, 7) is -0.303. The summed E-state index contributed by atoms with van der Waals surface area (Å²) in [6.07, 6.45) is -4.96. The van der Waals surface area contributed by atoms with Crippen LogP contribution in [0.2, 0.25) is 0 Å². The van der Waals surface area contributed by atoms with Gasteiger partial charge in [-0.1, -0.05) is 0 Å². The van der Waals surface area contributed by atoms with Gasteiger partial charge in [-0.2, -0.15) is 0 Å². The second kappa shape index (κ2) is 5.74. The van der Waals surface area contributed by atoms with Crippen LogP contribution in [0.25, 0.3) is 0 Å². The van der Waals surface area contributed by atoms with Gasteiger partial charge in [0, 0.05) is 12.6 Å². The van der Waals surface area contributed by atoms with Crippen LogP contribution in [-0.4, -0.2) is 31.5 Å². The fourth-order valence-corrected chi connectivity index (χ4v) is 1.30. The van der Waals surface area contributed by atoms with Gasteiger partial charge >= 0.3 is 12.3 Å². The second-order valence-electron chi connectivity index (χ2n) is 3.24. The van der Waals surface area contributed by atoms with Crippen LogP contribution in [0, 0.1) is 0 Å². The number of methoxy groups -OCH3 is 2. The van der Waals surface area contributed by atoms with Gasteiger partial charge in [0.1, 0.15) is 5.75 Å². The standard InChI is InChI=1S/C10H11F3N2O4/c1-17-7-3-6(9(16)18-2)15-8(5(7)4-14)19-10(11,12)13/h3H,4,14H2,1-2H3. The van der Waals surface area contributed by atoms with Crippen LogP contribution in [-0.2, 0) is 11.3 Å². The van der Waals surface area contributed by atoms with Crippen molar-refractivity contribution < 1.29 is 32.2 Å². The summed E-state index contributed by atoms with van der Waals surface area (Å²) in [5.41, 5.74) is 4.84. The summed E-state index contributed by atoms with van der Waals surface area (Å²) < 4.78 is 49.7. The highest BCUT2D eigenvalue weighted by Crippen LogP contribution is 2.31. The van der Waals surface area contributed by atoms with Gasteiger partial charge in [-0.3, -0.25) is 0 Å². The molecule has 0 atom stereocenters. The van der Waals surface area contributed by atoms with Crippen LogP contribution in [0.3, 0.4) is 0 Å². The SMILES string of the molecule is COC(=O)c1cc(OC)c(CN)c(OC(F)(F)F)n1. The van der Waals surface area contributed by atoms with E-state index in [1.165, 1.54) is 7.11 Å². The number of alkyl halides is 3. The van der Waals surface area contributed by atoms with Gasteiger partial charge in [0.05, 0.1) is 19.8 Å². The van der Waals surface area contributed by atoms with Crippen molar-refractivity contribution in [2.75, 3.05) is 14.2 Å². The molecule has 1 heterocycles. The van der Waals surface area contributed by atoms with Crippen molar-refractivity contribution in [3.05, 3.63) is 17.3 Å². The number of hydrogen-bond acceptors (Lipinski definition) is 6. The maximum absolute atomic E-state index is 12.2. The Labute approximate surface area is 106 Å². The minimum atomic E-state index is -4.96. The van der Waals surface area contributed by atoms with Crippen molar-refractivity contribution >= 4 is 5.97 Å². The van der Waals surface area contributed by atoms with Crippen LogP contribution in [0.5, 0.6) is 11.6 Å². The zero-order valence-electron chi connectivity index (χ0n) is 10.1. The van der Waals surface area contributed by atoms with Gasteiger partial charge in [-0.15, -0.1) is 13.2 Å². The van der Waals surface area contributed by atoms with E-state index in [-0.39, 0.29) is 23.6 Å². The molecule has 1 aromatic rings. The van der Waals surface area contributed by atoms with Crippen LogP contribution in [0.4, 0.5) is 13.2 Å². The fourth-order valence-electron chi connectivity index (χ4n) is 1.30. The molecule has 106 valence electrons. The summed E-state index contributed by atoms with van der Waals surface area (Å²) in [7, 11) is 2.28. The molecule has 0 saturated carbocycles. The predicted octanol–water partition coefficient (Wildman–Crippen LogP) is 1.23. The molecule has 0 bridgehead atoms. The number of carbonyl (C=O) groups is 1. The largest absolute Gasteiger partial charge is 0.574 e. The molecule has 0 saturated heterocycles. The molecule has 19 heavy (non-hydrogen) atoms. The molecule has 1 aromatic heterocycles. The van der Waals surface area contributed by atoms with E-state index in [4.69, 9.17) is 10.5 Å². The molecule has 6 nitrogen and oxygen atoms in total. The highest BCUT2D eigenvalue weighted by Gasteiger charge is 2.34. The Morgan fingerprint density at radius 1 is 1.42 bits per heavy atom. The molecule has 9 heteroatoms. The van der Waals surface area contributed by atoms with E-state index >= 15 is 0 Å². The smallest absolute Gasteiger partial charge is 0.496 e. The van der Waals surface area contributed by atoms with Crippen LogP contribution in [0.1, 0.15) is 16.1 Å². The van der Waals surface area contributed by atoms with E-state index in [1.54, 1.807) is 0 Å². The van der Waals surface area contributed by atoms with Gasteiger partial charge in [0.25, 0.3) is 0 Å². The fraction of sp³-hybridized carbons (Fsp3) is 0.400. The lowest BCUT2D eigenvalue weighted by Gasteiger charge is -2.15. The molecule has 0 aliphatic carbocycles. The van der Waals surface area contributed by atoms with E-state index in [2.05, 4.69) is 14.5 Å².